The maximum atomic E-state index is 11.8. The molecule has 1 N–H and O–H groups in total. The van der Waals surface area contributed by atoms with Crippen molar-refractivity contribution in [1.82, 2.24) is 0 Å². The Labute approximate surface area is 123 Å². The molecule has 3 nitrogen and oxygen atoms in total. The molecule has 0 aliphatic heterocycles. The summed E-state index contributed by atoms with van der Waals surface area (Å²) >= 11 is 5.95. The minimum Gasteiger partial charge on any atom is -0.462 e. The molecule has 2 aromatic rings. The Morgan fingerprint density at radius 3 is 2.75 bits per heavy atom. The van der Waals surface area contributed by atoms with E-state index in [1.54, 1.807) is 13.0 Å². The first-order valence-electron chi connectivity index (χ1n) is 6.45. The van der Waals surface area contributed by atoms with Crippen LogP contribution in [0.5, 0.6) is 0 Å². The topological polar surface area (TPSA) is 38.3 Å². The Hall–Kier alpha value is -2.00. The van der Waals surface area contributed by atoms with E-state index < -0.39 is 0 Å². The van der Waals surface area contributed by atoms with E-state index in [9.17, 15) is 4.79 Å². The second kappa shape index (κ2) is 6.96. The zero-order chi connectivity index (χ0) is 14.4. The number of carbonyl (C=O) groups excluding carboxylic acids is 1. The number of esters is 1. The molecule has 2 aromatic carbocycles. The summed E-state index contributed by atoms with van der Waals surface area (Å²) in [5, 5.41) is 3.93. The van der Waals surface area contributed by atoms with Crippen molar-refractivity contribution in [3.63, 3.8) is 0 Å². The highest BCUT2D eigenvalue weighted by Crippen LogP contribution is 2.18. The quantitative estimate of drug-likeness (QED) is 0.841. The van der Waals surface area contributed by atoms with Gasteiger partial charge in [0.25, 0.3) is 0 Å². The summed E-state index contributed by atoms with van der Waals surface area (Å²) in [6, 6.07) is 14.9. The van der Waals surface area contributed by atoms with Crippen molar-refractivity contribution in [2.75, 3.05) is 11.9 Å². The fourth-order valence-electron chi connectivity index (χ4n) is 1.87. The molecule has 2 rings (SSSR count). The number of hydrogen-bond acceptors (Lipinski definition) is 3. The van der Waals surface area contributed by atoms with Crippen LogP contribution in [0.4, 0.5) is 5.69 Å². The molecule has 0 aromatic heterocycles. The number of carbonyl (C=O) groups is 1. The summed E-state index contributed by atoms with van der Waals surface area (Å²) in [7, 11) is 0. The lowest BCUT2D eigenvalue weighted by Gasteiger charge is -2.11. The standard InChI is InChI=1S/C16H16ClNO2/c1-2-20-16(19)14-8-3-4-9-15(14)18-11-12-6-5-7-13(17)10-12/h3-10,18H,2,11H2,1H3. The van der Waals surface area contributed by atoms with Gasteiger partial charge in [-0.3, -0.25) is 0 Å². The van der Waals surface area contributed by atoms with Crippen LogP contribution >= 0.6 is 11.6 Å². The molecule has 0 radical (unpaired) electrons. The van der Waals surface area contributed by atoms with Gasteiger partial charge in [-0.15, -0.1) is 0 Å². The Morgan fingerprint density at radius 1 is 1.20 bits per heavy atom. The van der Waals surface area contributed by atoms with E-state index in [1.807, 2.05) is 42.5 Å². The molecule has 0 fully saturated rings. The van der Waals surface area contributed by atoms with E-state index in [-0.39, 0.29) is 5.97 Å². The minimum absolute atomic E-state index is 0.318. The van der Waals surface area contributed by atoms with E-state index in [0.717, 1.165) is 11.3 Å². The fraction of sp³-hybridized carbons (Fsp3) is 0.188. The monoisotopic (exact) mass is 289 g/mol. The van der Waals surface area contributed by atoms with E-state index in [4.69, 9.17) is 16.3 Å². The van der Waals surface area contributed by atoms with Crippen molar-refractivity contribution in [3.8, 4) is 0 Å². The summed E-state index contributed by atoms with van der Waals surface area (Å²) in [5.74, 6) is -0.318. The molecule has 0 heterocycles. The van der Waals surface area contributed by atoms with Crippen molar-refractivity contribution in [1.29, 1.82) is 0 Å². The van der Waals surface area contributed by atoms with E-state index >= 15 is 0 Å². The van der Waals surface area contributed by atoms with Crippen molar-refractivity contribution >= 4 is 23.3 Å². The normalized spacial score (nSPS) is 10.1. The number of benzene rings is 2. The molecule has 0 spiro atoms. The largest absolute Gasteiger partial charge is 0.462 e. The van der Waals surface area contributed by atoms with Crippen LogP contribution in [0.25, 0.3) is 0 Å². The van der Waals surface area contributed by atoms with Gasteiger partial charge < -0.3 is 10.1 Å². The number of para-hydroxylation sites is 1. The Bertz CT molecular complexity index is 599. The smallest absolute Gasteiger partial charge is 0.340 e. The van der Waals surface area contributed by atoms with Crippen LogP contribution in [0.15, 0.2) is 48.5 Å². The van der Waals surface area contributed by atoms with E-state index in [0.29, 0.717) is 23.7 Å². The van der Waals surface area contributed by atoms with Crippen molar-refractivity contribution < 1.29 is 9.53 Å². The Balaban J connectivity index is 2.11. The summed E-state index contributed by atoms with van der Waals surface area (Å²) in [6.07, 6.45) is 0. The lowest BCUT2D eigenvalue weighted by Crippen LogP contribution is -2.09. The van der Waals surface area contributed by atoms with Gasteiger partial charge in [0.2, 0.25) is 0 Å². The van der Waals surface area contributed by atoms with Crippen LogP contribution in [0.1, 0.15) is 22.8 Å². The maximum Gasteiger partial charge on any atom is 0.340 e. The average molecular weight is 290 g/mol. The third-order valence-corrected chi connectivity index (χ3v) is 3.03. The summed E-state index contributed by atoms with van der Waals surface area (Å²) < 4.78 is 5.04. The molecular formula is C16H16ClNO2. The van der Waals surface area contributed by atoms with Gasteiger partial charge >= 0.3 is 5.97 Å². The zero-order valence-corrected chi connectivity index (χ0v) is 12.0. The molecule has 0 atom stereocenters. The van der Waals surface area contributed by atoms with Crippen LogP contribution < -0.4 is 5.32 Å². The third kappa shape index (κ3) is 3.75. The SMILES string of the molecule is CCOC(=O)c1ccccc1NCc1cccc(Cl)c1. The van der Waals surface area contributed by atoms with Crippen molar-refractivity contribution in [2.24, 2.45) is 0 Å². The van der Waals surface area contributed by atoms with Crippen LogP contribution in [-0.2, 0) is 11.3 Å². The fourth-order valence-corrected chi connectivity index (χ4v) is 2.08. The molecule has 0 unspecified atom stereocenters. The van der Waals surface area contributed by atoms with Gasteiger partial charge in [-0.25, -0.2) is 4.79 Å². The predicted octanol–water partition coefficient (Wildman–Crippen LogP) is 4.13. The number of anilines is 1. The lowest BCUT2D eigenvalue weighted by atomic mass is 10.1. The molecule has 0 aliphatic rings. The second-order valence-electron chi connectivity index (χ2n) is 4.25. The Morgan fingerprint density at radius 2 is 2.00 bits per heavy atom. The minimum atomic E-state index is -0.318. The highest BCUT2D eigenvalue weighted by atomic mass is 35.5. The Kier molecular flexibility index (Phi) is 5.02. The summed E-state index contributed by atoms with van der Waals surface area (Å²) in [6.45, 7) is 2.75. The van der Waals surface area contributed by atoms with Crippen LogP contribution in [-0.4, -0.2) is 12.6 Å². The van der Waals surface area contributed by atoms with Crippen molar-refractivity contribution in [3.05, 3.63) is 64.7 Å². The number of ether oxygens (including phenoxy) is 1. The number of halogens is 1. The molecule has 0 amide bonds. The van der Waals surface area contributed by atoms with Crippen LogP contribution in [0.2, 0.25) is 5.02 Å². The van der Waals surface area contributed by atoms with Crippen molar-refractivity contribution in [2.45, 2.75) is 13.5 Å². The third-order valence-electron chi connectivity index (χ3n) is 2.79. The van der Waals surface area contributed by atoms with Gasteiger partial charge in [0, 0.05) is 17.3 Å². The molecule has 0 bridgehead atoms. The van der Waals surface area contributed by atoms with Crippen LogP contribution in [0, 0.1) is 0 Å². The molecule has 104 valence electrons. The average Bonchev–Trinajstić information content (AvgIpc) is 2.46. The first kappa shape index (κ1) is 14.4. The molecule has 0 saturated carbocycles. The number of hydrogen-bond donors (Lipinski definition) is 1. The highest BCUT2D eigenvalue weighted by Gasteiger charge is 2.11. The first-order valence-corrected chi connectivity index (χ1v) is 6.83. The van der Waals surface area contributed by atoms with Gasteiger partial charge in [-0.05, 0) is 36.8 Å². The molecule has 20 heavy (non-hydrogen) atoms. The van der Waals surface area contributed by atoms with E-state index in [2.05, 4.69) is 5.32 Å². The highest BCUT2D eigenvalue weighted by molar-refractivity contribution is 6.30. The summed E-state index contributed by atoms with van der Waals surface area (Å²) in [4.78, 5) is 11.8. The molecular weight excluding hydrogens is 274 g/mol. The molecule has 0 aliphatic carbocycles. The van der Waals surface area contributed by atoms with Gasteiger partial charge in [0.1, 0.15) is 0 Å². The van der Waals surface area contributed by atoms with Gasteiger partial charge in [-0.1, -0.05) is 35.9 Å². The lowest BCUT2D eigenvalue weighted by molar-refractivity contribution is 0.0527. The predicted molar refractivity (Wildman–Crippen MR) is 81.2 cm³/mol. The first-order chi connectivity index (χ1) is 9.70. The van der Waals surface area contributed by atoms with Gasteiger partial charge in [0.05, 0.1) is 12.2 Å². The second-order valence-corrected chi connectivity index (χ2v) is 4.69. The van der Waals surface area contributed by atoms with Gasteiger partial charge in [-0.2, -0.15) is 0 Å². The van der Waals surface area contributed by atoms with Crippen LogP contribution in [0.3, 0.4) is 0 Å². The van der Waals surface area contributed by atoms with E-state index in [1.165, 1.54) is 0 Å². The number of rotatable bonds is 5. The maximum absolute atomic E-state index is 11.8. The zero-order valence-electron chi connectivity index (χ0n) is 11.2. The molecule has 0 saturated heterocycles. The summed E-state index contributed by atoms with van der Waals surface area (Å²) in [5.41, 5.74) is 2.35. The van der Waals surface area contributed by atoms with Gasteiger partial charge in [0.15, 0.2) is 0 Å². The molecule has 4 heteroatoms. The number of nitrogens with one attached hydrogen (secondary N) is 1.